The normalized spacial score (nSPS) is 13.4. The monoisotopic (exact) mass is 426 g/mol. The second-order valence-corrected chi connectivity index (χ2v) is 7.88. The van der Waals surface area contributed by atoms with Crippen molar-refractivity contribution in [2.45, 2.75) is 18.9 Å². The molecule has 1 aromatic heterocycles. The zero-order valence-electron chi connectivity index (χ0n) is 17.9. The van der Waals surface area contributed by atoms with Gasteiger partial charge in [0.2, 0.25) is 0 Å². The largest absolute Gasteiger partial charge is 0.497 e. The Balaban J connectivity index is 1.63. The summed E-state index contributed by atoms with van der Waals surface area (Å²) in [6, 6.07) is 23.9. The van der Waals surface area contributed by atoms with Gasteiger partial charge in [0, 0.05) is 10.8 Å². The summed E-state index contributed by atoms with van der Waals surface area (Å²) in [5.74, 6) is 0.492. The van der Waals surface area contributed by atoms with Crippen LogP contribution in [-0.2, 0) is 5.60 Å². The van der Waals surface area contributed by atoms with Gasteiger partial charge in [-0.15, -0.1) is 0 Å². The molecule has 1 N–H and O–H groups in total. The number of fused-ring (bicyclic) bond motifs is 2. The minimum absolute atomic E-state index is 0.293. The molecule has 5 aromatic rings. The third kappa shape index (κ3) is 3.13. The quantitative estimate of drug-likeness (QED) is 0.376. The van der Waals surface area contributed by atoms with E-state index in [2.05, 4.69) is 5.10 Å². The Bertz CT molecular complexity index is 1430. The van der Waals surface area contributed by atoms with Crippen molar-refractivity contribution in [1.29, 1.82) is 0 Å². The minimum Gasteiger partial charge on any atom is -0.497 e. The van der Waals surface area contributed by atoms with Crippen LogP contribution in [0, 0.1) is 5.82 Å². The number of benzene rings is 4. The van der Waals surface area contributed by atoms with E-state index in [0.29, 0.717) is 22.8 Å². The number of aromatic nitrogens is 2. The molecule has 0 amide bonds. The van der Waals surface area contributed by atoms with Crippen LogP contribution in [0.15, 0.2) is 85.1 Å². The van der Waals surface area contributed by atoms with Crippen molar-refractivity contribution in [3.05, 3.63) is 102 Å². The smallest absolute Gasteiger partial charge is 0.131 e. The van der Waals surface area contributed by atoms with Crippen molar-refractivity contribution in [3.63, 3.8) is 0 Å². The molecule has 4 aromatic carbocycles. The fourth-order valence-electron chi connectivity index (χ4n) is 4.39. The van der Waals surface area contributed by atoms with E-state index in [9.17, 15) is 9.50 Å². The lowest BCUT2D eigenvalue weighted by Gasteiger charge is -2.29. The summed E-state index contributed by atoms with van der Waals surface area (Å²) in [7, 11) is 1.64. The van der Waals surface area contributed by atoms with Gasteiger partial charge in [0.15, 0.2) is 0 Å². The van der Waals surface area contributed by atoms with Crippen LogP contribution in [0.5, 0.6) is 5.75 Å². The van der Waals surface area contributed by atoms with Crippen LogP contribution >= 0.6 is 0 Å². The highest BCUT2D eigenvalue weighted by atomic mass is 19.1. The summed E-state index contributed by atoms with van der Waals surface area (Å²) >= 11 is 0. The molecule has 0 saturated carbocycles. The van der Waals surface area contributed by atoms with Crippen LogP contribution in [0.1, 0.15) is 24.5 Å². The minimum atomic E-state index is -1.26. The van der Waals surface area contributed by atoms with Gasteiger partial charge in [-0.2, -0.15) is 5.10 Å². The number of methoxy groups -OCH3 is 1. The molecule has 0 spiro atoms. The Morgan fingerprint density at radius 1 is 0.969 bits per heavy atom. The summed E-state index contributed by atoms with van der Waals surface area (Å²) in [5, 5.41) is 18.5. The molecular weight excluding hydrogens is 403 g/mol. The number of aliphatic hydroxyl groups is 1. The molecule has 5 rings (SSSR count). The number of rotatable bonds is 5. The molecule has 0 radical (unpaired) electrons. The van der Waals surface area contributed by atoms with Crippen LogP contribution in [0.2, 0.25) is 0 Å². The Morgan fingerprint density at radius 3 is 2.44 bits per heavy atom. The van der Waals surface area contributed by atoms with Crippen LogP contribution in [-0.4, -0.2) is 22.0 Å². The molecule has 5 heteroatoms. The topological polar surface area (TPSA) is 47.3 Å². The molecule has 0 saturated heterocycles. The predicted octanol–water partition coefficient (Wildman–Crippen LogP) is 5.97. The first-order valence-corrected chi connectivity index (χ1v) is 10.6. The SMILES string of the molecule is CCC(O)(c1ccc2c(cnn2-c2ccc(OC)cc2)c1)c1ccc(F)c2ccccc12. The molecule has 4 nitrogen and oxygen atoms in total. The van der Waals surface area contributed by atoms with Crippen molar-refractivity contribution in [2.24, 2.45) is 0 Å². The fourth-order valence-corrected chi connectivity index (χ4v) is 4.39. The molecule has 0 aliphatic heterocycles. The van der Waals surface area contributed by atoms with Crippen LogP contribution < -0.4 is 4.74 Å². The number of hydrogen-bond donors (Lipinski definition) is 1. The van der Waals surface area contributed by atoms with E-state index in [1.54, 1.807) is 31.5 Å². The Kier molecular flexibility index (Phi) is 4.91. The van der Waals surface area contributed by atoms with Gasteiger partial charge in [0.1, 0.15) is 17.2 Å². The average molecular weight is 426 g/mol. The number of halogens is 1. The summed E-state index contributed by atoms with van der Waals surface area (Å²) in [6.45, 7) is 1.93. The first-order valence-electron chi connectivity index (χ1n) is 10.6. The highest BCUT2D eigenvalue weighted by Gasteiger charge is 2.32. The molecule has 1 unspecified atom stereocenters. The summed E-state index contributed by atoms with van der Waals surface area (Å²) in [5.41, 5.74) is 2.03. The molecule has 0 aliphatic carbocycles. The number of nitrogens with zero attached hydrogens (tertiary/aromatic N) is 2. The van der Waals surface area contributed by atoms with E-state index in [1.165, 1.54) is 6.07 Å². The van der Waals surface area contributed by atoms with Crippen molar-refractivity contribution < 1.29 is 14.2 Å². The molecule has 160 valence electrons. The van der Waals surface area contributed by atoms with Gasteiger partial charge >= 0.3 is 0 Å². The first-order chi connectivity index (χ1) is 15.5. The lowest BCUT2D eigenvalue weighted by atomic mass is 9.81. The van der Waals surface area contributed by atoms with E-state index < -0.39 is 5.60 Å². The predicted molar refractivity (Wildman–Crippen MR) is 125 cm³/mol. The van der Waals surface area contributed by atoms with E-state index >= 15 is 0 Å². The Hall–Kier alpha value is -3.70. The maximum atomic E-state index is 14.4. The van der Waals surface area contributed by atoms with E-state index in [-0.39, 0.29) is 5.82 Å². The molecule has 0 aliphatic rings. The van der Waals surface area contributed by atoms with Crippen LogP contribution in [0.25, 0.3) is 27.4 Å². The Labute approximate surface area is 185 Å². The van der Waals surface area contributed by atoms with Crippen molar-refractivity contribution in [2.75, 3.05) is 7.11 Å². The van der Waals surface area contributed by atoms with Crippen molar-refractivity contribution in [3.8, 4) is 11.4 Å². The van der Waals surface area contributed by atoms with Gasteiger partial charge in [0.25, 0.3) is 0 Å². The highest BCUT2D eigenvalue weighted by Crippen LogP contribution is 2.39. The van der Waals surface area contributed by atoms with Gasteiger partial charge in [0.05, 0.1) is 24.5 Å². The number of ether oxygens (including phenoxy) is 1. The summed E-state index contributed by atoms with van der Waals surface area (Å²) in [6.07, 6.45) is 2.24. The molecule has 1 heterocycles. The van der Waals surface area contributed by atoms with Gasteiger partial charge in [-0.05, 0) is 65.4 Å². The zero-order valence-corrected chi connectivity index (χ0v) is 17.9. The molecule has 0 bridgehead atoms. The number of hydrogen-bond acceptors (Lipinski definition) is 3. The fraction of sp³-hybridized carbons (Fsp3) is 0.148. The highest BCUT2D eigenvalue weighted by molar-refractivity contribution is 5.88. The standard InChI is InChI=1S/C27H23FN2O2/c1-3-27(31,24-13-14-25(28)23-7-5-4-6-22(23)24)19-8-15-26-18(16-19)17-29-30(26)20-9-11-21(32-2)12-10-20/h4-17,31H,3H2,1-2H3. The van der Waals surface area contributed by atoms with E-state index in [1.807, 2.05) is 66.2 Å². The molecule has 32 heavy (non-hydrogen) atoms. The maximum Gasteiger partial charge on any atom is 0.131 e. The van der Waals surface area contributed by atoms with Crippen molar-refractivity contribution in [1.82, 2.24) is 9.78 Å². The van der Waals surface area contributed by atoms with Gasteiger partial charge in [-0.25, -0.2) is 9.07 Å². The van der Waals surface area contributed by atoms with Gasteiger partial charge < -0.3 is 9.84 Å². The molecule has 0 fully saturated rings. The molecular formula is C27H23FN2O2. The zero-order chi connectivity index (χ0) is 22.3. The summed E-state index contributed by atoms with van der Waals surface area (Å²) in [4.78, 5) is 0. The third-order valence-electron chi connectivity index (χ3n) is 6.19. The first kappa shape index (κ1) is 20.2. The second kappa shape index (κ2) is 7.77. The van der Waals surface area contributed by atoms with Crippen molar-refractivity contribution >= 4 is 21.7 Å². The van der Waals surface area contributed by atoms with Gasteiger partial charge in [-0.1, -0.05) is 43.3 Å². The maximum absolute atomic E-state index is 14.4. The third-order valence-corrected chi connectivity index (χ3v) is 6.19. The van der Waals surface area contributed by atoms with E-state index in [4.69, 9.17) is 4.74 Å². The van der Waals surface area contributed by atoms with Gasteiger partial charge in [-0.3, -0.25) is 0 Å². The lowest BCUT2D eigenvalue weighted by Crippen LogP contribution is -2.26. The van der Waals surface area contributed by atoms with E-state index in [0.717, 1.165) is 27.9 Å². The second-order valence-electron chi connectivity index (χ2n) is 7.88. The Morgan fingerprint density at radius 2 is 1.72 bits per heavy atom. The lowest BCUT2D eigenvalue weighted by molar-refractivity contribution is 0.0782. The summed E-state index contributed by atoms with van der Waals surface area (Å²) < 4.78 is 21.5. The average Bonchev–Trinajstić information content (AvgIpc) is 3.27. The van der Waals surface area contributed by atoms with Crippen LogP contribution in [0.3, 0.4) is 0 Å². The molecule has 1 atom stereocenters. The van der Waals surface area contributed by atoms with Crippen LogP contribution in [0.4, 0.5) is 4.39 Å².